The van der Waals surface area contributed by atoms with Gasteiger partial charge in [0.05, 0.1) is 19.6 Å². The van der Waals surface area contributed by atoms with Gasteiger partial charge >= 0.3 is 5.97 Å². The Kier molecular flexibility index (Phi) is 3.61. The molecule has 1 unspecified atom stereocenters. The molecule has 0 fully saturated rings. The number of thiophene rings is 1. The third-order valence-electron chi connectivity index (χ3n) is 2.94. The van der Waals surface area contributed by atoms with Crippen molar-refractivity contribution in [2.75, 3.05) is 14.2 Å². The first-order valence-electron chi connectivity index (χ1n) is 5.45. The van der Waals surface area contributed by atoms with Crippen molar-refractivity contribution in [3.05, 3.63) is 21.4 Å². The summed E-state index contributed by atoms with van der Waals surface area (Å²) in [6.45, 7) is 0. The molecule has 0 saturated heterocycles. The highest BCUT2D eigenvalue weighted by Crippen LogP contribution is 2.37. The molecule has 0 radical (unpaired) electrons. The number of fused-ring (bicyclic) bond motifs is 1. The molecular formula is C12H16O3S. The van der Waals surface area contributed by atoms with Crippen molar-refractivity contribution in [1.82, 2.24) is 0 Å². The second-order valence-corrected chi connectivity index (χ2v) is 5.18. The number of rotatable bonds is 3. The van der Waals surface area contributed by atoms with Crippen LogP contribution in [0, 0.1) is 0 Å². The van der Waals surface area contributed by atoms with Crippen molar-refractivity contribution in [3.8, 4) is 0 Å². The van der Waals surface area contributed by atoms with Gasteiger partial charge in [0.1, 0.15) is 0 Å². The van der Waals surface area contributed by atoms with Crippen molar-refractivity contribution in [2.45, 2.75) is 31.8 Å². The van der Waals surface area contributed by atoms with Gasteiger partial charge in [0, 0.05) is 16.9 Å². The molecule has 0 aliphatic heterocycles. The molecule has 1 aliphatic carbocycles. The van der Waals surface area contributed by atoms with Crippen molar-refractivity contribution >= 4 is 17.3 Å². The number of ether oxygens (including phenoxy) is 2. The molecule has 3 nitrogen and oxygen atoms in total. The average Bonchev–Trinajstić information content (AvgIpc) is 2.70. The van der Waals surface area contributed by atoms with Crippen LogP contribution in [-0.2, 0) is 27.1 Å². The van der Waals surface area contributed by atoms with Crippen LogP contribution < -0.4 is 0 Å². The molecule has 1 aliphatic rings. The fourth-order valence-corrected chi connectivity index (χ4v) is 3.37. The summed E-state index contributed by atoms with van der Waals surface area (Å²) in [6, 6.07) is 2.10. The van der Waals surface area contributed by atoms with Gasteiger partial charge in [0.15, 0.2) is 0 Å². The van der Waals surface area contributed by atoms with Gasteiger partial charge in [0.2, 0.25) is 0 Å². The van der Waals surface area contributed by atoms with Crippen LogP contribution >= 0.6 is 11.3 Å². The van der Waals surface area contributed by atoms with Crippen LogP contribution in [0.1, 0.15) is 34.3 Å². The Morgan fingerprint density at radius 2 is 2.38 bits per heavy atom. The molecule has 1 aromatic heterocycles. The first-order chi connectivity index (χ1) is 7.74. The van der Waals surface area contributed by atoms with E-state index < -0.39 is 0 Å². The summed E-state index contributed by atoms with van der Waals surface area (Å²) in [5.41, 5.74) is 1.28. The van der Waals surface area contributed by atoms with Crippen molar-refractivity contribution in [2.24, 2.45) is 0 Å². The zero-order valence-corrected chi connectivity index (χ0v) is 10.4. The summed E-state index contributed by atoms with van der Waals surface area (Å²) in [4.78, 5) is 13.7. The molecule has 16 heavy (non-hydrogen) atoms. The molecule has 0 spiro atoms. The molecule has 0 N–H and O–H groups in total. The number of esters is 1. The maximum absolute atomic E-state index is 11.2. The second kappa shape index (κ2) is 4.97. The van der Waals surface area contributed by atoms with Gasteiger partial charge in [-0.25, -0.2) is 0 Å². The quantitative estimate of drug-likeness (QED) is 0.761. The fourth-order valence-electron chi connectivity index (χ4n) is 2.12. The van der Waals surface area contributed by atoms with Crippen molar-refractivity contribution in [3.63, 3.8) is 0 Å². The van der Waals surface area contributed by atoms with E-state index >= 15 is 0 Å². The van der Waals surface area contributed by atoms with E-state index in [2.05, 4.69) is 10.8 Å². The monoisotopic (exact) mass is 240 g/mol. The highest BCUT2D eigenvalue weighted by atomic mass is 32.1. The van der Waals surface area contributed by atoms with E-state index in [1.807, 2.05) is 0 Å². The molecule has 1 heterocycles. The number of carbonyl (C=O) groups excluding carboxylic acids is 1. The summed E-state index contributed by atoms with van der Waals surface area (Å²) < 4.78 is 10.1. The Labute approximate surface area is 99.4 Å². The number of aryl methyl sites for hydroxylation is 1. The first-order valence-corrected chi connectivity index (χ1v) is 6.27. The number of carbonyl (C=O) groups is 1. The fraction of sp³-hybridized carbons (Fsp3) is 0.583. The van der Waals surface area contributed by atoms with Gasteiger partial charge in [-0.1, -0.05) is 0 Å². The summed E-state index contributed by atoms with van der Waals surface area (Å²) in [5.74, 6) is -0.174. The molecule has 0 aromatic carbocycles. The SMILES string of the molecule is COC(=O)Cc1cc2c(s1)CCCC2OC. The van der Waals surface area contributed by atoms with Crippen molar-refractivity contribution < 1.29 is 14.3 Å². The largest absolute Gasteiger partial charge is 0.469 e. The highest BCUT2D eigenvalue weighted by Gasteiger charge is 2.23. The van der Waals surface area contributed by atoms with Gasteiger partial charge in [-0.05, 0) is 30.9 Å². The first kappa shape index (κ1) is 11.6. The summed E-state index contributed by atoms with van der Waals surface area (Å²) in [6.07, 6.45) is 3.96. The highest BCUT2D eigenvalue weighted by molar-refractivity contribution is 7.12. The lowest BCUT2D eigenvalue weighted by molar-refractivity contribution is -0.139. The van der Waals surface area contributed by atoms with E-state index in [-0.39, 0.29) is 12.1 Å². The maximum atomic E-state index is 11.2. The minimum Gasteiger partial charge on any atom is -0.469 e. The van der Waals surface area contributed by atoms with Gasteiger partial charge in [0.25, 0.3) is 0 Å². The van der Waals surface area contributed by atoms with Crippen LogP contribution in [0.2, 0.25) is 0 Å². The van der Waals surface area contributed by atoms with E-state index in [1.165, 1.54) is 24.0 Å². The van der Waals surface area contributed by atoms with E-state index in [0.717, 1.165) is 17.7 Å². The molecule has 1 atom stereocenters. The van der Waals surface area contributed by atoms with Crippen LogP contribution in [0.3, 0.4) is 0 Å². The Bertz CT molecular complexity index is 384. The molecule has 0 bridgehead atoms. The normalized spacial score (nSPS) is 19.2. The zero-order chi connectivity index (χ0) is 11.5. The molecular weight excluding hydrogens is 224 g/mol. The van der Waals surface area contributed by atoms with Gasteiger partial charge in [-0.3, -0.25) is 4.79 Å². The van der Waals surface area contributed by atoms with Crippen LogP contribution in [0.25, 0.3) is 0 Å². The smallest absolute Gasteiger partial charge is 0.310 e. The molecule has 88 valence electrons. The minimum absolute atomic E-state index is 0.174. The molecule has 0 amide bonds. The minimum atomic E-state index is -0.174. The van der Waals surface area contributed by atoms with Gasteiger partial charge < -0.3 is 9.47 Å². The lowest BCUT2D eigenvalue weighted by atomic mass is 9.96. The Morgan fingerprint density at radius 3 is 3.06 bits per heavy atom. The van der Waals surface area contributed by atoms with Crippen LogP contribution in [0.15, 0.2) is 6.07 Å². The molecule has 0 saturated carbocycles. The Hall–Kier alpha value is -0.870. The average molecular weight is 240 g/mol. The molecule has 2 rings (SSSR count). The molecule has 4 heteroatoms. The topological polar surface area (TPSA) is 35.5 Å². The van der Waals surface area contributed by atoms with E-state index in [1.54, 1.807) is 18.4 Å². The molecule has 1 aromatic rings. The van der Waals surface area contributed by atoms with Gasteiger partial charge in [-0.15, -0.1) is 11.3 Å². The lowest BCUT2D eigenvalue weighted by Gasteiger charge is -2.20. The summed E-state index contributed by atoms with van der Waals surface area (Å²) in [5, 5.41) is 0. The predicted molar refractivity (Wildman–Crippen MR) is 62.7 cm³/mol. The third kappa shape index (κ3) is 2.28. The van der Waals surface area contributed by atoms with Crippen molar-refractivity contribution in [1.29, 1.82) is 0 Å². The maximum Gasteiger partial charge on any atom is 0.310 e. The predicted octanol–water partition coefficient (Wildman–Crippen LogP) is 2.49. The summed E-state index contributed by atoms with van der Waals surface area (Å²) in [7, 11) is 3.17. The standard InChI is InChI=1S/C12H16O3S/c1-14-10-4-3-5-11-9(10)6-8(16-11)7-12(13)15-2/h6,10H,3-5,7H2,1-2H3. The number of hydrogen-bond acceptors (Lipinski definition) is 4. The lowest BCUT2D eigenvalue weighted by Crippen LogP contribution is -2.08. The number of hydrogen-bond donors (Lipinski definition) is 0. The van der Waals surface area contributed by atoms with Crippen LogP contribution in [0.5, 0.6) is 0 Å². The third-order valence-corrected chi connectivity index (χ3v) is 4.15. The summed E-state index contributed by atoms with van der Waals surface area (Å²) >= 11 is 1.72. The zero-order valence-electron chi connectivity index (χ0n) is 9.62. The van der Waals surface area contributed by atoms with E-state index in [9.17, 15) is 4.79 Å². The van der Waals surface area contributed by atoms with Crippen LogP contribution in [-0.4, -0.2) is 20.2 Å². The van der Waals surface area contributed by atoms with Crippen LogP contribution in [0.4, 0.5) is 0 Å². The Balaban J connectivity index is 2.18. The second-order valence-electron chi connectivity index (χ2n) is 3.96. The van der Waals surface area contributed by atoms with E-state index in [0.29, 0.717) is 6.42 Å². The van der Waals surface area contributed by atoms with E-state index in [4.69, 9.17) is 4.74 Å². The number of methoxy groups -OCH3 is 2. The van der Waals surface area contributed by atoms with Gasteiger partial charge in [-0.2, -0.15) is 0 Å². The Morgan fingerprint density at radius 1 is 1.56 bits per heavy atom.